The molecule has 0 aliphatic carbocycles. The highest BCUT2D eigenvalue weighted by Crippen LogP contribution is 2.25. The first-order valence-electron chi connectivity index (χ1n) is 6.75. The molecule has 0 radical (unpaired) electrons. The Balaban J connectivity index is 2.58. The highest BCUT2D eigenvalue weighted by Gasteiger charge is 2.36. The molecule has 5 heteroatoms. The first-order chi connectivity index (χ1) is 8.49. The molecule has 1 atom stereocenters. The normalized spacial score (nSPS) is 20.0. The summed E-state index contributed by atoms with van der Waals surface area (Å²) >= 11 is 0. The Labute approximate surface area is 109 Å². The number of amides is 2. The molecule has 0 saturated carbocycles. The lowest BCUT2D eigenvalue weighted by atomic mass is 9.81. The van der Waals surface area contributed by atoms with E-state index in [4.69, 9.17) is 5.73 Å². The van der Waals surface area contributed by atoms with Crippen molar-refractivity contribution in [2.75, 3.05) is 19.6 Å². The van der Waals surface area contributed by atoms with Crippen LogP contribution >= 0.6 is 0 Å². The van der Waals surface area contributed by atoms with Crippen molar-refractivity contribution in [3.63, 3.8) is 0 Å². The number of rotatable bonds is 5. The molecule has 18 heavy (non-hydrogen) atoms. The van der Waals surface area contributed by atoms with Gasteiger partial charge in [0.15, 0.2) is 0 Å². The van der Waals surface area contributed by atoms with Gasteiger partial charge in [0, 0.05) is 32.6 Å². The van der Waals surface area contributed by atoms with Gasteiger partial charge in [0.2, 0.25) is 11.8 Å². The number of nitrogens with zero attached hydrogens (tertiary/aromatic N) is 1. The van der Waals surface area contributed by atoms with E-state index in [9.17, 15) is 9.59 Å². The third kappa shape index (κ3) is 3.02. The second kappa shape index (κ2) is 6.18. The van der Waals surface area contributed by atoms with Crippen molar-refractivity contribution in [2.24, 2.45) is 11.1 Å². The minimum absolute atomic E-state index is 0.0328. The van der Waals surface area contributed by atoms with Crippen molar-refractivity contribution in [1.82, 2.24) is 10.2 Å². The van der Waals surface area contributed by atoms with Crippen molar-refractivity contribution >= 4 is 11.8 Å². The van der Waals surface area contributed by atoms with Crippen LogP contribution in [-0.4, -0.2) is 42.4 Å². The summed E-state index contributed by atoms with van der Waals surface area (Å²) in [4.78, 5) is 25.3. The van der Waals surface area contributed by atoms with Crippen LogP contribution in [0.1, 0.15) is 40.0 Å². The quantitative estimate of drug-likeness (QED) is 0.750. The van der Waals surface area contributed by atoms with Crippen LogP contribution in [0.3, 0.4) is 0 Å². The van der Waals surface area contributed by atoms with Crippen LogP contribution in [0.25, 0.3) is 0 Å². The van der Waals surface area contributed by atoms with Gasteiger partial charge in [0.1, 0.15) is 0 Å². The Morgan fingerprint density at radius 2 is 2.00 bits per heavy atom. The van der Waals surface area contributed by atoms with E-state index in [1.165, 1.54) is 0 Å². The molecule has 0 aromatic rings. The fourth-order valence-electron chi connectivity index (χ4n) is 2.46. The van der Waals surface area contributed by atoms with E-state index in [1.54, 1.807) is 11.8 Å². The maximum atomic E-state index is 12.3. The summed E-state index contributed by atoms with van der Waals surface area (Å²) in [6.07, 6.45) is 2.32. The van der Waals surface area contributed by atoms with Crippen LogP contribution < -0.4 is 11.1 Å². The largest absolute Gasteiger partial charge is 0.351 e. The molecule has 0 aromatic carbocycles. The summed E-state index contributed by atoms with van der Waals surface area (Å²) in [5, 5.41) is 3.04. The molecule has 1 rings (SSSR count). The van der Waals surface area contributed by atoms with Crippen LogP contribution in [0, 0.1) is 5.41 Å². The lowest BCUT2D eigenvalue weighted by Crippen LogP contribution is -2.49. The predicted octanol–water partition coefficient (Wildman–Crippen LogP) is 0.489. The maximum absolute atomic E-state index is 12.3. The van der Waals surface area contributed by atoms with E-state index >= 15 is 0 Å². The van der Waals surface area contributed by atoms with Crippen molar-refractivity contribution in [3.05, 3.63) is 0 Å². The number of likely N-dealkylation sites (tertiary alicyclic amines) is 1. The standard InChI is InChI=1S/C13H25N3O2/c1-4-13(5-2,9-14)12(18)15-11-6-7-16(8-11)10(3)17/h11H,4-9,14H2,1-3H3,(H,15,18). The minimum Gasteiger partial charge on any atom is -0.351 e. The Morgan fingerprint density at radius 1 is 1.39 bits per heavy atom. The van der Waals surface area contributed by atoms with Gasteiger partial charge in [-0.3, -0.25) is 9.59 Å². The predicted molar refractivity (Wildman–Crippen MR) is 70.9 cm³/mol. The molecule has 1 saturated heterocycles. The van der Waals surface area contributed by atoms with E-state index in [2.05, 4.69) is 5.32 Å². The SMILES string of the molecule is CCC(CC)(CN)C(=O)NC1CCN(C(C)=O)C1. The summed E-state index contributed by atoms with van der Waals surface area (Å²) in [6.45, 7) is 7.27. The molecule has 5 nitrogen and oxygen atoms in total. The second-order valence-corrected chi connectivity index (χ2v) is 5.12. The fourth-order valence-corrected chi connectivity index (χ4v) is 2.46. The van der Waals surface area contributed by atoms with E-state index in [1.807, 2.05) is 13.8 Å². The van der Waals surface area contributed by atoms with Crippen molar-refractivity contribution < 1.29 is 9.59 Å². The summed E-state index contributed by atoms with van der Waals surface area (Å²) in [5.74, 6) is 0.105. The number of nitrogens with two attached hydrogens (primary N) is 1. The summed E-state index contributed by atoms with van der Waals surface area (Å²) in [5.41, 5.74) is 5.30. The Bertz CT molecular complexity index is 305. The van der Waals surface area contributed by atoms with Gasteiger partial charge in [-0.25, -0.2) is 0 Å². The summed E-state index contributed by atoms with van der Waals surface area (Å²) in [7, 11) is 0. The first-order valence-corrected chi connectivity index (χ1v) is 6.75. The number of hydrogen-bond donors (Lipinski definition) is 2. The minimum atomic E-state index is -0.455. The Hall–Kier alpha value is -1.10. The van der Waals surface area contributed by atoms with Gasteiger partial charge in [-0.1, -0.05) is 13.8 Å². The van der Waals surface area contributed by atoms with E-state index < -0.39 is 5.41 Å². The van der Waals surface area contributed by atoms with Gasteiger partial charge in [0.25, 0.3) is 0 Å². The molecule has 0 aromatic heterocycles. The number of nitrogens with one attached hydrogen (secondary N) is 1. The van der Waals surface area contributed by atoms with Crippen LogP contribution in [0.2, 0.25) is 0 Å². The smallest absolute Gasteiger partial charge is 0.227 e. The zero-order valence-corrected chi connectivity index (χ0v) is 11.7. The van der Waals surface area contributed by atoms with Crippen molar-refractivity contribution in [2.45, 2.75) is 46.1 Å². The lowest BCUT2D eigenvalue weighted by Gasteiger charge is -2.30. The third-order valence-electron chi connectivity index (χ3n) is 4.19. The second-order valence-electron chi connectivity index (χ2n) is 5.12. The molecule has 1 fully saturated rings. The molecule has 2 amide bonds. The highest BCUT2D eigenvalue weighted by molar-refractivity contribution is 5.83. The molecule has 1 heterocycles. The van der Waals surface area contributed by atoms with Gasteiger partial charge in [-0.05, 0) is 19.3 Å². The molecule has 3 N–H and O–H groups in total. The average Bonchev–Trinajstić information content (AvgIpc) is 2.81. The number of carbonyl (C=O) groups excluding carboxylic acids is 2. The highest BCUT2D eigenvalue weighted by atomic mass is 16.2. The molecule has 104 valence electrons. The zero-order valence-electron chi connectivity index (χ0n) is 11.7. The van der Waals surface area contributed by atoms with Gasteiger partial charge in [-0.2, -0.15) is 0 Å². The van der Waals surface area contributed by atoms with E-state index in [0.29, 0.717) is 13.1 Å². The van der Waals surface area contributed by atoms with E-state index in [-0.39, 0.29) is 17.9 Å². The van der Waals surface area contributed by atoms with Crippen molar-refractivity contribution in [1.29, 1.82) is 0 Å². The average molecular weight is 255 g/mol. The number of carbonyl (C=O) groups is 2. The molecular formula is C13H25N3O2. The molecule has 1 aliphatic heterocycles. The monoisotopic (exact) mass is 255 g/mol. The summed E-state index contributed by atoms with van der Waals surface area (Å²) < 4.78 is 0. The topological polar surface area (TPSA) is 75.4 Å². The fraction of sp³-hybridized carbons (Fsp3) is 0.846. The molecular weight excluding hydrogens is 230 g/mol. The third-order valence-corrected chi connectivity index (χ3v) is 4.19. The molecule has 1 aliphatic rings. The van der Waals surface area contributed by atoms with E-state index in [0.717, 1.165) is 25.8 Å². The number of hydrogen-bond acceptors (Lipinski definition) is 3. The van der Waals surface area contributed by atoms with Crippen LogP contribution in [0.5, 0.6) is 0 Å². The van der Waals surface area contributed by atoms with Gasteiger partial charge >= 0.3 is 0 Å². The Morgan fingerprint density at radius 3 is 2.39 bits per heavy atom. The van der Waals surface area contributed by atoms with Crippen LogP contribution in [0.4, 0.5) is 0 Å². The van der Waals surface area contributed by atoms with Crippen LogP contribution in [-0.2, 0) is 9.59 Å². The summed E-state index contributed by atoms with van der Waals surface area (Å²) in [6, 6.07) is 0.0745. The van der Waals surface area contributed by atoms with Gasteiger partial charge < -0.3 is 16.0 Å². The van der Waals surface area contributed by atoms with Gasteiger partial charge in [0.05, 0.1) is 5.41 Å². The molecule has 0 bridgehead atoms. The Kier molecular flexibility index (Phi) is 5.14. The van der Waals surface area contributed by atoms with Gasteiger partial charge in [-0.15, -0.1) is 0 Å². The lowest BCUT2D eigenvalue weighted by molar-refractivity contribution is -0.132. The molecule has 1 unspecified atom stereocenters. The van der Waals surface area contributed by atoms with Crippen LogP contribution in [0.15, 0.2) is 0 Å². The zero-order chi connectivity index (χ0) is 13.8. The maximum Gasteiger partial charge on any atom is 0.227 e. The van der Waals surface area contributed by atoms with Crippen molar-refractivity contribution in [3.8, 4) is 0 Å². The first kappa shape index (κ1) is 15.0. The molecule has 0 spiro atoms.